The number of aliphatic hydroxyl groups excluding tert-OH is 1. The third-order valence-electron chi connectivity index (χ3n) is 2.85. The fourth-order valence-electron chi connectivity index (χ4n) is 1.87. The van der Waals surface area contributed by atoms with Crippen LogP contribution in [0.5, 0.6) is 0 Å². The van der Waals surface area contributed by atoms with E-state index in [9.17, 15) is 14.9 Å². The third kappa shape index (κ3) is 4.01. The van der Waals surface area contributed by atoms with Crippen molar-refractivity contribution in [3.8, 4) is 0 Å². The number of aliphatic hydroxyl groups is 1. The number of ether oxygens (including phenoxy) is 1. The molecule has 7 heteroatoms. The predicted molar refractivity (Wildman–Crippen MR) is 74.3 cm³/mol. The molecule has 0 heterocycles. The lowest BCUT2D eigenvalue weighted by atomic mass is 10.1. The molecule has 0 atom stereocenters. The lowest BCUT2D eigenvalue weighted by Gasteiger charge is -2.25. The first kappa shape index (κ1) is 16.1. The van der Waals surface area contributed by atoms with Gasteiger partial charge in [0.25, 0.3) is 5.69 Å². The van der Waals surface area contributed by atoms with E-state index in [-0.39, 0.29) is 23.6 Å². The summed E-state index contributed by atoms with van der Waals surface area (Å²) in [6, 6.07) is 4.13. The Morgan fingerprint density at radius 2 is 2.15 bits per heavy atom. The maximum absolute atomic E-state index is 11.7. The van der Waals surface area contributed by atoms with Crippen molar-refractivity contribution >= 4 is 17.2 Å². The summed E-state index contributed by atoms with van der Waals surface area (Å²) in [5.74, 6) is -0.260. The molecule has 1 aromatic carbocycles. The summed E-state index contributed by atoms with van der Waals surface area (Å²) in [6.45, 7) is 2.50. The first-order valence-electron chi connectivity index (χ1n) is 6.15. The molecule has 0 fully saturated rings. The number of anilines is 1. The molecule has 0 amide bonds. The summed E-state index contributed by atoms with van der Waals surface area (Å²) in [5.41, 5.74) is 0.701. The average Bonchev–Trinajstić information content (AvgIpc) is 2.42. The molecule has 0 aromatic heterocycles. The van der Waals surface area contributed by atoms with Gasteiger partial charge in [0.15, 0.2) is 5.78 Å². The lowest BCUT2D eigenvalue weighted by Crippen LogP contribution is -2.31. The predicted octanol–water partition coefficient (Wildman–Crippen LogP) is 1.24. The zero-order valence-corrected chi connectivity index (χ0v) is 11.5. The van der Waals surface area contributed by atoms with Gasteiger partial charge in [-0.25, -0.2) is 0 Å². The average molecular weight is 282 g/mol. The molecule has 1 N–H and O–H groups in total. The molecular formula is C13H18N2O5. The topological polar surface area (TPSA) is 92.9 Å². The number of hydrogen-bond donors (Lipinski definition) is 1. The molecule has 0 spiro atoms. The summed E-state index contributed by atoms with van der Waals surface area (Å²) in [4.78, 5) is 23.7. The van der Waals surface area contributed by atoms with E-state index in [1.54, 1.807) is 12.0 Å². The number of hydrogen-bond acceptors (Lipinski definition) is 6. The number of Topliss-reactive ketones (excluding diaryl/α,β-unsaturated/α-hetero) is 1. The SMILES string of the molecule is COCCN(CCO)c1ccc([N+](=O)[O-])cc1C(C)=O. The van der Waals surface area contributed by atoms with Crippen LogP contribution in [0.3, 0.4) is 0 Å². The fourth-order valence-corrected chi connectivity index (χ4v) is 1.87. The largest absolute Gasteiger partial charge is 0.395 e. The van der Waals surface area contributed by atoms with Gasteiger partial charge in [-0.05, 0) is 13.0 Å². The minimum Gasteiger partial charge on any atom is -0.395 e. The summed E-state index contributed by atoms with van der Waals surface area (Å²) in [5, 5.41) is 19.9. The maximum Gasteiger partial charge on any atom is 0.270 e. The smallest absolute Gasteiger partial charge is 0.270 e. The van der Waals surface area contributed by atoms with Crippen molar-refractivity contribution in [2.24, 2.45) is 0 Å². The highest BCUT2D eigenvalue weighted by molar-refractivity contribution is 6.00. The van der Waals surface area contributed by atoms with Gasteiger partial charge in [-0.1, -0.05) is 0 Å². The molecule has 0 aliphatic carbocycles. The number of methoxy groups -OCH3 is 1. The number of carbonyl (C=O) groups excluding carboxylic acids is 1. The normalized spacial score (nSPS) is 10.3. The van der Waals surface area contributed by atoms with Gasteiger partial charge in [0, 0.05) is 43.6 Å². The van der Waals surface area contributed by atoms with E-state index in [0.29, 0.717) is 25.4 Å². The molecule has 1 rings (SSSR count). The van der Waals surface area contributed by atoms with Gasteiger partial charge >= 0.3 is 0 Å². The maximum atomic E-state index is 11.7. The van der Waals surface area contributed by atoms with E-state index in [2.05, 4.69) is 0 Å². The van der Waals surface area contributed by atoms with Crippen LogP contribution in [0.1, 0.15) is 17.3 Å². The van der Waals surface area contributed by atoms with Crippen molar-refractivity contribution in [1.82, 2.24) is 0 Å². The van der Waals surface area contributed by atoms with Gasteiger partial charge in [0.05, 0.1) is 18.1 Å². The first-order chi connectivity index (χ1) is 9.51. The fraction of sp³-hybridized carbons (Fsp3) is 0.462. The molecular weight excluding hydrogens is 264 g/mol. The Morgan fingerprint density at radius 3 is 2.65 bits per heavy atom. The molecule has 0 aliphatic rings. The van der Waals surface area contributed by atoms with Crippen molar-refractivity contribution in [3.05, 3.63) is 33.9 Å². The number of benzene rings is 1. The second-order valence-corrected chi connectivity index (χ2v) is 4.22. The van der Waals surface area contributed by atoms with Gasteiger partial charge in [0.2, 0.25) is 0 Å². The van der Waals surface area contributed by atoms with Crippen LogP contribution in [0.25, 0.3) is 0 Å². The summed E-state index contributed by atoms with van der Waals surface area (Å²) in [6.07, 6.45) is 0. The second kappa shape index (κ2) is 7.56. The van der Waals surface area contributed by atoms with Crippen molar-refractivity contribution in [2.75, 3.05) is 38.3 Å². The van der Waals surface area contributed by atoms with Crippen LogP contribution in [-0.4, -0.2) is 49.2 Å². The van der Waals surface area contributed by atoms with Gasteiger partial charge in [0.1, 0.15) is 0 Å². The molecule has 0 unspecified atom stereocenters. The minimum atomic E-state index is -0.540. The highest BCUT2D eigenvalue weighted by Crippen LogP contribution is 2.26. The van der Waals surface area contributed by atoms with E-state index < -0.39 is 4.92 Å². The van der Waals surface area contributed by atoms with Gasteiger partial charge in [-0.15, -0.1) is 0 Å². The molecule has 0 saturated heterocycles. The summed E-state index contributed by atoms with van der Waals surface area (Å²) >= 11 is 0. The molecule has 0 bridgehead atoms. The highest BCUT2D eigenvalue weighted by atomic mass is 16.6. The molecule has 0 radical (unpaired) electrons. The summed E-state index contributed by atoms with van der Waals surface area (Å²) < 4.78 is 4.99. The molecule has 0 saturated carbocycles. The van der Waals surface area contributed by atoms with Crippen molar-refractivity contribution in [2.45, 2.75) is 6.92 Å². The molecule has 20 heavy (non-hydrogen) atoms. The van der Waals surface area contributed by atoms with Gasteiger partial charge in [-0.2, -0.15) is 0 Å². The van der Waals surface area contributed by atoms with E-state index in [1.807, 2.05) is 0 Å². The van der Waals surface area contributed by atoms with Crippen molar-refractivity contribution < 1.29 is 19.6 Å². The van der Waals surface area contributed by atoms with Crippen molar-refractivity contribution in [1.29, 1.82) is 0 Å². The van der Waals surface area contributed by atoms with E-state index >= 15 is 0 Å². The van der Waals surface area contributed by atoms with Crippen LogP contribution in [0.2, 0.25) is 0 Å². The standard InChI is InChI=1S/C13H18N2O5/c1-10(17)12-9-11(15(18)19)3-4-13(12)14(5-7-16)6-8-20-2/h3-4,9,16H,5-8H2,1-2H3. The number of carbonyl (C=O) groups is 1. The number of nitro groups is 1. The first-order valence-corrected chi connectivity index (χ1v) is 6.15. The number of nitro benzene ring substituents is 1. The van der Waals surface area contributed by atoms with Gasteiger partial charge < -0.3 is 14.7 Å². The Kier molecular flexibility index (Phi) is 6.08. The Morgan fingerprint density at radius 1 is 1.45 bits per heavy atom. The Bertz CT molecular complexity index is 490. The Labute approximate surface area is 116 Å². The molecule has 110 valence electrons. The lowest BCUT2D eigenvalue weighted by molar-refractivity contribution is -0.384. The monoisotopic (exact) mass is 282 g/mol. The highest BCUT2D eigenvalue weighted by Gasteiger charge is 2.18. The molecule has 7 nitrogen and oxygen atoms in total. The zero-order valence-electron chi connectivity index (χ0n) is 11.5. The van der Waals surface area contributed by atoms with Crippen LogP contribution in [0.15, 0.2) is 18.2 Å². The number of nitrogens with zero attached hydrogens (tertiary/aromatic N) is 2. The summed E-state index contributed by atoms with van der Waals surface area (Å²) in [7, 11) is 1.55. The van der Waals surface area contributed by atoms with Crippen molar-refractivity contribution in [3.63, 3.8) is 0 Å². The van der Waals surface area contributed by atoms with Crippen LogP contribution < -0.4 is 4.90 Å². The Balaban J connectivity index is 3.18. The van der Waals surface area contributed by atoms with Crippen LogP contribution in [-0.2, 0) is 4.74 Å². The number of ketones is 1. The van der Waals surface area contributed by atoms with E-state index in [1.165, 1.54) is 25.1 Å². The van der Waals surface area contributed by atoms with Gasteiger partial charge in [-0.3, -0.25) is 14.9 Å². The zero-order chi connectivity index (χ0) is 15.1. The van der Waals surface area contributed by atoms with Crippen LogP contribution in [0.4, 0.5) is 11.4 Å². The van der Waals surface area contributed by atoms with Crippen LogP contribution in [0, 0.1) is 10.1 Å². The van der Waals surface area contributed by atoms with E-state index in [4.69, 9.17) is 9.84 Å². The molecule has 1 aromatic rings. The quantitative estimate of drug-likeness (QED) is 0.438. The Hall–Kier alpha value is -1.99. The molecule has 0 aliphatic heterocycles. The second-order valence-electron chi connectivity index (χ2n) is 4.22. The number of rotatable bonds is 8. The van der Waals surface area contributed by atoms with Crippen LogP contribution >= 0.6 is 0 Å². The minimum absolute atomic E-state index is 0.0853. The van der Waals surface area contributed by atoms with E-state index in [0.717, 1.165) is 0 Å². The third-order valence-corrected chi connectivity index (χ3v) is 2.85. The number of non-ortho nitro benzene ring substituents is 1.